The summed E-state index contributed by atoms with van der Waals surface area (Å²) in [6.45, 7) is 4.53. The number of amides is 1. The summed E-state index contributed by atoms with van der Waals surface area (Å²) in [6.07, 6.45) is 68.4. The maximum absolute atomic E-state index is 13.0. The average molecular weight is 974 g/mol. The van der Waals surface area contributed by atoms with Crippen molar-refractivity contribution in [1.29, 1.82) is 0 Å². The maximum Gasteiger partial charge on any atom is 0.268 e. The fraction of sp³-hybridized carbons (Fsp3) is 0.780. The molecule has 0 fully saturated rings. The molecule has 0 spiro atoms. The van der Waals surface area contributed by atoms with E-state index in [0.717, 1.165) is 64.2 Å². The Bertz CT molecular complexity index is 1330. The van der Waals surface area contributed by atoms with E-state index in [1.54, 1.807) is 6.08 Å². The van der Waals surface area contributed by atoms with Crippen molar-refractivity contribution < 1.29 is 32.9 Å². The molecule has 0 aliphatic rings. The lowest BCUT2D eigenvalue weighted by molar-refractivity contribution is -0.870. The van der Waals surface area contributed by atoms with Gasteiger partial charge >= 0.3 is 0 Å². The molecule has 0 aliphatic carbocycles. The standard InChI is InChI=1S/C59H109N2O6P/c1-6-8-10-12-14-16-18-20-22-24-25-26-27-28-29-30-31-32-33-34-35-37-39-41-43-45-47-49-51-53-59(63)60-57(56-67-68(64,65)66-55-54-61(3,4)5)58(62)52-50-48-46-44-42-40-38-36-23-21-19-17-15-13-11-9-7-2/h8,10,14,16,20,22,25-26,42,44,50,52,57-58,62H,6-7,9,11-13,15,17-19,21,23-24,27-41,43,45-49,51,53-56H2,1-5H3,(H-,60,63,64,65)/b10-8-,16-14-,22-20-,26-25-,44-42+,52-50+. The first-order valence-corrected chi connectivity index (χ1v) is 29.8. The number of nitrogens with one attached hydrogen (secondary N) is 1. The normalized spacial score (nSPS) is 14.5. The summed E-state index contributed by atoms with van der Waals surface area (Å²) >= 11 is 0. The van der Waals surface area contributed by atoms with Gasteiger partial charge in [0, 0.05) is 6.42 Å². The van der Waals surface area contributed by atoms with Gasteiger partial charge in [0.1, 0.15) is 13.2 Å². The second-order valence-corrected chi connectivity index (χ2v) is 21.7. The minimum atomic E-state index is -4.61. The number of hydrogen-bond donors (Lipinski definition) is 2. The van der Waals surface area contributed by atoms with Crippen LogP contribution in [-0.4, -0.2) is 68.5 Å². The summed E-state index contributed by atoms with van der Waals surface area (Å²) in [5.41, 5.74) is 0. The number of quaternary nitrogens is 1. The van der Waals surface area contributed by atoms with Crippen LogP contribution >= 0.6 is 7.82 Å². The van der Waals surface area contributed by atoms with Crippen molar-refractivity contribution in [3.63, 3.8) is 0 Å². The van der Waals surface area contributed by atoms with Crippen LogP contribution < -0.4 is 10.2 Å². The van der Waals surface area contributed by atoms with Crippen LogP contribution in [0.5, 0.6) is 0 Å². The van der Waals surface area contributed by atoms with Gasteiger partial charge in [0.05, 0.1) is 39.9 Å². The van der Waals surface area contributed by atoms with Crippen LogP contribution in [0.4, 0.5) is 0 Å². The van der Waals surface area contributed by atoms with E-state index in [4.69, 9.17) is 9.05 Å². The van der Waals surface area contributed by atoms with E-state index >= 15 is 0 Å². The Labute approximate surface area is 421 Å². The van der Waals surface area contributed by atoms with E-state index in [-0.39, 0.29) is 12.5 Å². The Hall–Kier alpha value is -2.06. The number of phosphoric acid groups is 1. The molecule has 0 heterocycles. The first-order chi connectivity index (χ1) is 33.0. The minimum absolute atomic E-state index is 0.00781. The van der Waals surface area contributed by atoms with Gasteiger partial charge in [-0.3, -0.25) is 9.36 Å². The van der Waals surface area contributed by atoms with Crippen molar-refractivity contribution in [2.75, 3.05) is 40.9 Å². The van der Waals surface area contributed by atoms with Crippen LogP contribution in [0.2, 0.25) is 0 Å². The molecular formula is C59H109N2O6P. The summed E-state index contributed by atoms with van der Waals surface area (Å²) in [4.78, 5) is 25.5. The number of likely N-dealkylation sites (N-methyl/N-ethyl adjacent to an activating group) is 1. The molecule has 3 unspecified atom stereocenters. The predicted molar refractivity (Wildman–Crippen MR) is 293 cm³/mol. The number of carbonyl (C=O) groups excluding carboxylic acids is 1. The molecule has 2 N–H and O–H groups in total. The van der Waals surface area contributed by atoms with Crippen LogP contribution in [0.1, 0.15) is 245 Å². The van der Waals surface area contributed by atoms with Crippen molar-refractivity contribution in [3.05, 3.63) is 72.9 Å². The van der Waals surface area contributed by atoms with Crippen LogP contribution in [0.15, 0.2) is 72.9 Å². The fourth-order valence-corrected chi connectivity index (χ4v) is 8.71. The van der Waals surface area contributed by atoms with E-state index in [0.29, 0.717) is 17.4 Å². The number of nitrogens with zero attached hydrogens (tertiary/aromatic N) is 1. The molecule has 0 bridgehead atoms. The second kappa shape index (κ2) is 49.9. The topological polar surface area (TPSA) is 108 Å². The molecule has 396 valence electrons. The number of allylic oxidation sites excluding steroid dienone is 11. The molecule has 0 aromatic rings. The van der Waals surface area contributed by atoms with Crippen molar-refractivity contribution in [2.24, 2.45) is 0 Å². The number of unbranched alkanes of at least 4 members (excludes halogenated alkanes) is 28. The SMILES string of the molecule is CC/C=C\C/C=C\C/C=C\C/C=C\CCCCCCCCCCCCCCCCCCC(=O)NC(COP(=O)([O-])OCC[N+](C)(C)C)C(O)/C=C/CC/C=C/CCCCCCCCCCCCC. The smallest absolute Gasteiger partial charge is 0.268 e. The summed E-state index contributed by atoms with van der Waals surface area (Å²) in [6, 6.07) is -0.905. The Balaban J connectivity index is 4.18. The third kappa shape index (κ3) is 51.8. The van der Waals surface area contributed by atoms with E-state index in [2.05, 4.69) is 79.9 Å². The third-order valence-electron chi connectivity index (χ3n) is 12.4. The van der Waals surface area contributed by atoms with Gasteiger partial charge < -0.3 is 28.8 Å². The van der Waals surface area contributed by atoms with Gasteiger partial charge in [0.15, 0.2) is 0 Å². The maximum atomic E-state index is 13.0. The van der Waals surface area contributed by atoms with Gasteiger partial charge in [-0.05, 0) is 70.6 Å². The first-order valence-electron chi connectivity index (χ1n) is 28.3. The fourth-order valence-electron chi connectivity index (χ4n) is 7.98. The summed E-state index contributed by atoms with van der Waals surface area (Å²) in [5, 5.41) is 13.8. The van der Waals surface area contributed by atoms with Gasteiger partial charge in [-0.25, -0.2) is 0 Å². The molecule has 8 nitrogen and oxygen atoms in total. The first kappa shape index (κ1) is 65.9. The molecule has 0 aromatic carbocycles. The molecule has 0 radical (unpaired) electrons. The summed E-state index contributed by atoms with van der Waals surface area (Å²) in [7, 11) is 1.24. The number of aliphatic hydroxyl groups excluding tert-OH is 1. The monoisotopic (exact) mass is 973 g/mol. The number of carbonyl (C=O) groups is 1. The van der Waals surface area contributed by atoms with Gasteiger partial charge in [0.2, 0.25) is 5.91 Å². The molecule has 0 saturated carbocycles. The number of aliphatic hydroxyl groups is 1. The van der Waals surface area contributed by atoms with E-state index in [9.17, 15) is 19.4 Å². The van der Waals surface area contributed by atoms with Gasteiger partial charge in [-0.2, -0.15) is 0 Å². The molecule has 3 atom stereocenters. The molecule has 1 amide bonds. The van der Waals surface area contributed by atoms with Crippen molar-refractivity contribution in [2.45, 2.75) is 257 Å². The number of rotatable bonds is 51. The highest BCUT2D eigenvalue weighted by Crippen LogP contribution is 2.38. The minimum Gasteiger partial charge on any atom is -0.756 e. The van der Waals surface area contributed by atoms with Gasteiger partial charge in [0.25, 0.3) is 7.82 Å². The second-order valence-electron chi connectivity index (χ2n) is 20.3. The van der Waals surface area contributed by atoms with E-state index < -0.39 is 26.6 Å². The number of phosphoric ester groups is 1. The summed E-state index contributed by atoms with van der Waals surface area (Å²) in [5.74, 6) is -0.208. The van der Waals surface area contributed by atoms with Crippen LogP contribution in [0.25, 0.3) is 0 Å². The highest BCUT2D eigenvalue weighted by Gasteiger charge is 2.23. The summed E-state index contributed by atoms with van der Waals surface area (Å²) < 4.78 is 23.3. The van der Waals surface area contributed by atoms with Crippen molar-refractivity contribution >= 4 is 13.7 Å². The molecule has 0 aromatic heterocycles. The molecule has 9 heteroatoms. The van der Waals surface area contributed by atoms with Gasteiger partial charge in [-0.1, -0.05) is 241 Å². The van der Waals surface area contributed by atoms with E-state index in [1.807, 2.05) is 27.2 Å². The van der Waals surface area contributed by atoms with Gasteiger partial charge in [-0.15, -0.1) is 0 Å². The Morgan fingerprint density at radius 1 is 0.529 bits per heavy atom. The zero-order valence-electron chi connectivity index (χ0n) is 45.0. The lowest BCUT2D eigenvalue weighted by Crippen LogP contribution is -2.45. The lowest BCUT2D eigenvalue weighted by atomic mass is 10.0. The quantitative estimate of drug-likeness (QED) is 0.0272. The van der Waals surface area contributed by atoms with Crippen molar-refractivity contribution in [3.8, 4) is 0 Å². The predicted octanol–water partition coefficient (Wildman–Crippen LogP) is 16.5. The number of hydrogen-bond acceptors (Lipinski definition) is 6. The Morgan fingerprint density at radius 2 is 0.912 bits per heavy atom. The molecular weight excluding hydrogens is 864 g/mol. The van der Waals surface area contributed by atoms with Crippen LogP contribution in [0.3, 0.4) is 0 Å². The lowest BCUT2D eigenvalue weighted by Gasteiger charge is -2.29. The molecule has 0 aliphatic heterocycles. The van der Waals surface area contributed by atoms with E-state index in [1.165, 1.54) is 161 Å². The highest BCUT2D eigenvalue weighted by atomic mass is 31.2. The van der Waals surface area contributed by atoms with Crippen LogP contribution in [0, 0.1) is 0 Å². The zero-order chi connectivity index (χ0) is 49.9. The van der Waals surface area contributed by atoms with Crippen LogP contribution in [-0.2, 0) is 18.4 Å². The zero-order valence-corrected chi connectivity index (χ0v) is 45.9. The molecule has 68 heavy (non-hydrogen) atoms. The Kier molecular flexibility index (Phi) is 48.4. The van der Waals surface area contributed by atoms with Crippen molar-refractivity contribution in [1.82, 2.24) is 5.32 Å². The molecule has 0 saturated heterocycles. The third-order valence-corrected chi connectivity index (χ3v) is 13.4. The largest absolute Gasteiger partial charge is 0.756 e. The molecule has 0 rings (SSSR count). The average Bonchev–Trinajstić information content (AvgIpc) is 3.30. The Morgan fingerprint density at radius 3 is 1.37 bits per heavy atom. The highest BCUT2D eigenvalue weighted by molar-refractivity contribution is 7.45.